The monoisotopic (exact) mass is 272 g/mol. The molecule has 0 bridgehead atoms. The minimum Gasteiger partial charge on any atom is -0.494 e. The molecule has 102 valence electrons. The molecular formula is C13H12N4O3. The Balaban J connectivity index is 2.42. The molecule has 0 unspecified atom stereocenters. The van der Waals surface area contributed by atoms with E-state index in [4.69, 9.17) is 10.5 Å². The van der Waals surface area contributed by atoms with Crippen LogP contribution < -0.4 is 10.5 Å². The molecule has 0 heterocycles. The van der Waals surface area contributed by atoms with Gasteiger partial charge in [-0.15, -0.1) is 5.11 Å². The van der Waals surface area contributed by atoms with E-state index in [2.05, 4.69) is 10.2 Å². The first kappa shape index (κ1) is 13.5. The predicted octanol–water partition coefficient (Wildman–Crippen LogP) is 3.60. The molecule has 0 fully saturated rings. The van der Waals surface area contributed by atoms with Crippen molar-refractivity contribution in [3.05, 3.63) is 52.6 Å². The zero-order valence-electron chi connectivity index (χ0n) is 10.7. The maximum Gasteiger partial charge on any atom is 0.294 e. The first-order valence-corrected chi connectivity index (χ1v) is 5.70. The lowest BCUT2D eigenvalue weighted by Crippen LogP contribution is -1.96. The summed E-state index contributed by atoms with van der Waals surface area (Å²) in [6.45, 7) is 0. The fourth-order valence-electron chi connectivity index (χ4n) is 1.58. The molecule has 0 aliphatic rings. The Kier molecular flexibility index (Phi) is 3.90. The van der Waals surface area contributed by atoms with Gasteiger partial charge in [0.2, 0.25) is 0 Å². The molecule has 7 nitrogen and oxygen atoms in total. The SMILES string of the molecule is COc1cc(N)c([N+](=O)[O-])cc1N=Nc1ccccc1. The minimum atomic E-state index is -0.573. The van der Waals surface area contributed by atoms with Crippen LogP contribution in [0.15, 0.2) is 52.7 Å². The van der Waals surface area contributed by atoms with Gasteiger partial charge >= 0.3 is 0 Å². The smallest absolute Gasteiger partial charge is 0.294 e. The number of nitro groups is 1. The standard InChI is InChI=1S/C13H12N4O3/c1-20-13-7-10(14)12(17(18)19)8-11(13)16-15-9-5-3-2-4-6-9/h2-8H,14H2,1H3. The van der Waals surface area contributed by atoms with Crippen molar-refractivity contribution < 1.29 is 9.66 Å². The maximum absolute atomic E-state index is 10.9. The highest BCUT2D eigenvalue weighted by atomic mass is 16.6. The van der Waals surface area contributed by atoms with Gasteiger partial charge < -0.3 is 10.5 Å². The molecule has 20 heavy (non-hydrogen) atoms. The van der Waals surface area contributed by atoms with Crippen LogP contribution in [0.4, 0.5) is 22.7 Å². The molecule has 0 radical (unpaired) electrons. The molecule has 0 saturated heterocycles. The molecule has 0 aromatic heterocycles. The molecule has 0 spiro atoms. The van der Waals surface area contributed by atoms with E-state index in [1.54, 1.807) is 12.1 Å². The lowest BCUT2D eigenvalue weighted by atomic mass is 10.2. The Morgan fingerprint density at radius 3 is 2.50 bits per heavy atom. The summed E-state index contributed by atoms with van der Waals surface area (Å²) in [6.07, 6.45) is 0. The third-order valence-corrected chi connectivity index (χ3v) is 2.55. The Hall–Kier alpha value is -2.96. The summed E-state index contributed by atoms with van der Waals surface area (Å²) in [5.74, 6) is 0.327. The van der Waals surface area contributed by atoms with Crippen LogP contribution in [-0.2, 0) is 0 Å². The number of methoxy groups -OCH3 is 1. The molecule has 2 aromatic carbocycles. The Morgan fingerprint density at radius 2 is 1.90 bits per heavy atom. The summed E-state index contributed by atoms with van der Waals surface area (Å²) in [5, 5.41) is 18.8. The van der Waals surface area contributed by atoms with Crippen molar-refractivity contribution in [3.8, 4) is 5.75 Å². The number of hydrogen-bond donors (Lipinski definition) is 1. The summed E-state index contributed by atoms with van der Waals surface area (Å²) in [4.78, 5) is 10.3. The number of nitro benzene ring substituents is 1. The van der Waals surface area contributed by atoms with Crippen LogP contribution in [0.5, 0.6) is 5.75 Å². The van der Waals surface area contributed by atoms with Gasteiger partial charge in [-0.3, -0.25) is 10.1 Å². The molecule has 2 N–H and O–H groups in total. The summed E-state index contributed by atoms with van der Waals surface area (Å²) >= 11 is 0. The van der Waals surface area contributed by atoms with Crippen LogP contribution in [0.1, 0.15) is 0 Å². The number of nitrogen functional groups attached to an aromatic ring is 1. The van der Waals surface area contributed by atoms with Crippen LogP contribution >= 0.6 is 0 Å². The fraction of sp³-hybridized carbons (Fsp3) is 0.0769. The number of ether oxygens (including phenoxy) is 1. The molecule has 0 aliphatic carbocycles. The second kappa shape index (κ2) is 5.79. The summed E-state index contributed by atoms with van der Waals surface area (Å²) in [5.41, 5.74) is 6.25. The highest BCUT2D eigenvalue weighted by molar-refractivity contribution is 5.70. The van der Waals surface area contributed by atoms with Crippen molar-refractivity contribution in [2.45, 2.75) is 0 Å². The zero-order chi connectivity index (χ0) is 14.5. The van der Waals surface area contributed by atoms with E-state index >= 15 is 0 Å². The van der Waals surface area contributed by atoms with Crippen LogP contribution in [0.3, 0.4) is 0 Å². The van der Waals surface area contributed by atoms with E-state index in [1.807, 2.05) is 18.2 Å². The number of rotatable bonds is 4. The predicted molar refractivity (Wildman–Crippen MR) is 74.7 cm³/mol. The molecule has 0 saturated carbocycles. The van der Waals surface area contributed by atoms with Gasteiger partial charge in [-0.25, -0.2) is 0 Å². The number of nitrogens with zero attached hydrogens (tertiary/aromatic N) is 3. The van der Waals surface area contributed by atoms with E-state index in [-0.39, 0.29) is 17.1 Å². The molecule has 0 aliphatic heterocycles. The van der Waals surface area contributed by atoms with Gasteiger partial charge in [0.25, 0.3) is 5.69 Å². The van der Waals surface area contributed by atoms with E-state index in [9.17, 15) is 10.1 Å². The maximum atomic E-state index is 10.9. The van der Waals surface area contributed by atoms with Crippen molar-refractivity contribution in [2.75, 3.05) is 12.8 Å². The van der Waals surface area contributed by atoms with Gasteiger partial charge in [0.15, 0.2) is 0 Å². The van der Waals surface area contributed by atoms with Crippen molar-refractivity contribution in [1.29, 1.82) is 0 Å². The van der Waals surface area contributed by atoms with Crippen molar-refractivity contribution in [2.24, 2.45) is 10.2 Å². The average Bonchev–Trinajstić information content (AvgIpc) is 2.46. The average molecular weight is 272 g/mol. The number of benzene rings is 2. The van der Waals surface area contributed by atoms with E-state index in [0.29, 0.717) is 11.4 Å². The van der Waals surface area contributed by atoms with Gasteiger partial charge in [0.1, 0.15) is 17.1 Å². The number of nitrogens with two attached hydrogens (primary N) is 1. The highest BCUT2D eigenvalue weighted by Gasteiger charge is 2.16. The number of anilines is 1. The number of azo groups is 1. The molecular weight excluding hydrogens is 260 g/mol. The lowest BCUT2D eigenvalue weighted by Gasteiger charge is -2.05. The van der Waals surface area contributed by atoms with Crippen molar-refractivity contribution in [3.63, 3.8) is 0 Å². The van der Waals surface area contributed by atoms with Crippen LogP contribution in [0, 0.1) is 10.1 Å². The lowest BCUT2D eigenvalue weighted by molar-refractivity contribution is -0.383. The van der Waals surface area contributed by atoms with Gasteiger partial charge in [-0.2, -0.15) is 5.11 Å². The van der Waals surface area contributed by atoms with E-state index in [0.717, 1.165) is 0 Å². The third kappa shape index (κ3) is 2.89. The van der Waals surface area contributed by atoms with Crippen molar-refractivity contribution >= 4 is 22.7 Å². The number of hydrogen-bond acceptors (Lipinski definition) is 6. The van der Waals surface area contributed by atoms with Crippen LogP contribution in [0.2, 0.25) is 0 Å². The molecule has 0 atom stereocenters. The highest BCUT2D eigenvalue weighted by Crippen LogP contribution is 2.37. The van der Waals surface area contributed by atoms with Crippen LogP contribution in [-0.4, -0.2) is 12.0 Å². The molecule has 2 aromatic rings. The largest absolute Gasteiger partial charge is 0.494 e. The molecule has 7 heteroatoms. The van der Waals surface area contributed by atoms with E-state index < -0.39 is 4.92 Å². The molecule has 2 rings (SSSR count). The summed E-state index contributed by atoms with van der Waals surface area (Å²) in [6, 6.07) is 11.6. The summed E-state index contributed by atoms with van der Waals surface area (Å²) < 4.78 is 5.09. The Labute approximate surface area is 114 Å². The topological polar surface area (TPSA) is 103 Å². The van der Waals surface area contributed by atoms with Crippen molar-refractivity contribution in [1.82, 2.24) is 0 Å². The van der Waals surface area contributed by atoms with E-state index in [1.165, 1.54) is 19.2 Å². The minimum absolute atomic E-state index is 0.0190. The first-order chi connectivity index (χ1) is 9.61. The second-order valence-corrected chi connectivity index (χ2v) is 3.88. The van der Waals surface area contributed by atoms with Gasteiger partial charge in [-0.1, -0.05) is 18.2 Å². The second-order valence-electron chi connectivity index (χ2n) is 3.88. The van der Waals surface area contributed by atoms with Gasteiger partial charge in [0.05, 0.1) is 17.7 Å². The quantitative estimate of drug-likeness (QED) is 0.397. The molecule has 0 amide bonds. The van der Waals surface area contributed by atoms with Gasteiger partial charge in [-0.05, 0) is 12.1 Å². The van der Waals surface area contributed by atoms with Gasteiger partial charge in [0, 0.05) is 12.1 Å². The Morgan fingerprint density at radius 1 is 1.20 bits per heavy atom. The third-order valence-electron chi connectivity index (χ3n) is 2.55. The zero-order valence-corrected chi connectivity index (χ0v) is 10.7. The fourth-order valence-corrected chi connectivity index (χ4v) is 1.58. The first-order valence-electron chi connectivity index (χ1n) is 5.70. The Bertz CT molecular complexity index is 656. The summed E-state index contributed by atoms with van der Waals surface area (Å²) in [7, 11) is 1.43. The van der Waals surface area contributed by atoms with Crippen LogP contribution in [0.25, 0.3) is 0 Å². The normalized spacial score (nSPS) is 10.7.